The van der Waals surface area contributed by atoms with E-state index in [0.717, 1.165) is 49.2 Å². The van der Waals surface area contributed by atoms with Crippen molar-refractivity contribution in [2.75, 3.05) is 20.1 Å². The molecule has 2 aliphatic rings. The fourth-order valence-corrected chi connectivity index (χ4v) is 9.50. The lowest BCUT2D eigenvalue weighted by Gasteiger charge is -2.32. The molecule has 4 aromatic rings. The Balaban J connectivity index is 1.47. The highest BCUT2D eigenvalue weighted by Gasteiger charge is 2.34. The van der Waals surface area contributed by atoms with E-state index in [1.165, 1.54) is 22.7 Å². The van der Waals surface area contributed by atoms with Gasteiger partial charge in [-0.05, 0) is 110 Å². The summed E-state index contributed by atoms with van der Waals surface area (Å²) in [5.74, 6) is -1.10. The fraction of sp³-hybridized carbons (Fsp3) is 0.395. The number of likely N-dealkylation sites (N-methyl/N-ethyl adjacent to an activating group) is 1. The molecule has 3 atom stereocenters. The molecule has 0 saturated carbocycles. The van der Waals surface area contributed by atoms with Crippen LogP contribution in [-0.2, 0) is 38.5 Å². The lowest BCUT2D eigenvalue weighted by molar-refractivity contribution is -0.142. The van der Waals surface area contributed by atoms with Crippen molar-refractivity contribution in [1.29, 1.82) is 0 Å². The maximum Gasteiger partial charge on any atom is 0.352 e. The predicted molar refractivity (Wildman–Crippen MR) is 231 cm³/mol. The molecule has 314 valence electrons. The third-order valence-corrected chi connectivity index (χ3v) is 13.6. The van der Waals surface area contributed by atoms with Gasteiger partial charge in [-0.1, -0.05) is 60.3 Å². The summed E-state index contributed by atoms with van der Waals surface area (Å²) in [7, 11) is -2.79. The minimum Gasteiger partial charge on any atom is -0.361 e. The van der Waals surface area contributed by atoms with Crippen molar-refractivity contribution in [3.05, 3.63) is 106 Å². The number of unbranched alkanes of at least 4 members (excludes halogenated alkanes) is 1. The number of nitrogens with one attached hydrogen (secondary N) is 4. The summed E-state index contributed by atoms with van der Waals surface area (Å²) in [6.45, 7) is 3.21. The van der Waals surface area contributed by atoms with Gasteiger partial charge in [0.2, 0.25) is 17.7 Å². The van der Waals surface area contributed by atoms with Crippen LogP contribution >= 0.6 is 19.4 Å². The van der Waals surface area contributed by atoms with Gasteiger partial charge in [0.1, 0.15) is 17.1 Å². The Morgan fingerprint density at radius 1 is 0.915 bits per heavy atom. The van der Waals surface area contributed by atoms with Crippen molar-refractivity contribution in [3.8, 4) is 0 Å². The first-order valence-corrected chi connectivity index (χ1v) is 22.6. The second-order valence-electron chi connectivity index (χ2n) is 15.2. The number of carbonyl (C=O) groups excluding carboxylic acids is 3. The van der Waals surface area contributed by atoms with Gasteiger partial charge >= 0.3 is 7.60 Å². The summed E-state index contributed by atoms with van der Waals surface area (Å²) >= 11 is 1.46. The zero-order valence-electron chi connectivity index (χ0n) is 33.6. The summed E-state index contributed by atoms with van der Waals surface area (Å²) in [6, 6.07) is 13.0. The van der Waals surface area contributed by atoms with Gasteiger partial charge in [-0.15, -0.1) is 0 Å². The summed E-state index contributed by atoms with van der Waals surface area (Å²) in [5.41, 5.74) is 17.8. The molecular weight excluding hydrogens is 788 g/mol. The number of benzene rings is 2. The van der Waals surface area contributed by atoms with Crippen molar-refractivity contribution in [1.82, 2.24) is 30.8 Å². The second-order valence-corrected chi connectivity index (χ2v) is 17.8. The van der Waals surface area contributed by atoms with Crippen LogP contribution in [-0.4, -0.2) is 80.6 Å². The maximum absolute atomic E-state index is 14.7. The highest BCUT2D eigenvalue weighted by molar-refractivity contribution is 7.99. The molecule has 59 heavy (non-hydrogen) atoms. The number of pyridine rings is 1. The number of H-pyrrole nitrogens is 1. The van der Waals surface area contributed by atoms with Gasteiger partial charge < -0.3 is 47.1 Å². The molecule has 1 aliphatic carbocycles. The molecule has 16 heteroatoms. The van der Waals surface area contributed by atoms with E-state index >= 15 is 0 Å². The zero-order valence-corrected chi connectivity index (χ0v) is 35.3. The van der Waals surface area contributed by atoms with E-state index in [1.54, 1.807) is 19.3 Å². The SMILES string of the molecule is Cc1ccc(C2=CC=C(P(=O)(O)O)CC2)c2c1Sc1ncccc1CN[C@@H](CCCN)C(=O)N[C@@H](CCCCN)C(=O)N(C)[C@@H](Cc1c[nH]c3ccccc13)C(=O)NC2. The van der Waals surface area contributed by atoms with Crippen molar-refractivity contribution in [2.24, 2.45) is 11.5 Å². The van der Waals surface area contributed by atoms with E-state index in [4.69, 9.17) is 16.5 Å². The molecule has 0 saturated heterocycles. The molecule has 0 spiro atoms. The number of aromatic nitrogens is 2. The van der Waals surface area contributed by atoms with Gasteiger partial charge in [0.15, 0.2) is 0 Å². The highest BCUT2D eigenvalue weighted by atomic mass is 32.2. The van der Waals surface area contributed by atoms with Crippen LogP contribution in [0.4, 0.5) is 0 Å². The molecule has 0 fully saturated rings. The number of aromatic amines is 1. The van der Waals surface area contributed by atoms with E-state index < -0.39 is 25.7 Å². The first-order chi connectivity index (χ1) is 28.4. The van der Waals surface area contributed by atoms with Crippen LogP contribution in [0.15, 0.2) is 88.3 Å². The fourth-order valence-electron chi connectivity index (χ4n) is 7.71. The average molecular weight is 843 g/mol. The van der Waals surface area contributed by atoms with Crippen molar-refractivity contribution < 1.29 is 28.7 Å². The minimum absolute atomic E-state index is 0.0766. The number of hydrogen-bond acceptors (Lipinski definition) is 9. The van der Waals surface area contributed by atoms with Crippen LogP contribution in [0.5, 0.6) is 0 Å². The third kappa shape index (κ3) is 10.8. The first kappa shape index (κ1) is 44.0. The quantitative estimate of drug-likeness (QED) is 0.0758. The number of nitrogens with zero attached hydrogens (tertiary/aromatic N) is 2. The Hall–Kier alpha value is -4.60. The minimum atomic E-state index is -4.40. The number of para-hydroxylation sites is 1. The average Bonchev–Trinajstić information content (AvgIpc) is 3.64. The molecule has 3 amide bonds. The molecule has 0 bridgehead atoms. The monoisotopic (exact) mass is 842 g/mol. The topological polar surface area (TPSA) is 229 Å². The second kappa shape index (κ2) is 20.1. The molecule has 3 heterocycles. The summed E-state index contributed by atoms with van der Waals surface area (Å²) in [6.07, 6.45) is 10.2. The molecule has 0 unspecified atom stereocenters. The van der Waals surface area contributed by atoms with Crippen molar-refractivity contribution in [3.63, 3.8) is 0 Å². The largest absolute Gasteiger partial charge is 0.361 e. The summed E-state index contributed by atoms with van der Waals surface area (Å²) in [5, 5.41) is 11.4. The smallest absolute Gasteiger partial charge is 0.352 e. The Kier molecular flexibility index (Phi) is 15.0. The van der Waals surface area contributed by atoms with Gasteiger partial charge in [-0.3, -0.25) is 18.9 Å². The summed E-state index contributed by atoms with van der Waals surface area (Å²) in [4.78, 5) is 73.6. The number of fused-ring (bicyclic) bond motifs is 3. The van der Waals surface area contributed by atoms with Crippen LogP contribution < -0.4 is 27.4 Å². The van der Waals surface area contributed by atoms with Crippen molar-refractivity contribution >= 4 is 53.6 Å². The lowest BCUT2D eigenvalue weighted by atomic mass is 9.92. The Bertz CT molecular complexity index is 2270. The van der Waals surface area contributed by atoms with E-state index in [1.807, 2.05) is 61.7 Å². The van der Waals surface area contributed by atoms with Crippen molar-refractivity contribution in [2.45, 2.75) is 99.4 Å². The number of hydrogen-bond donors (Lipinski definition) is 8. The molecular formula is C43H55N8O6PS. The standard InChI is InChI=1S/C43H55N8O6PS/c1-27-14-19-32(28-15-17-31(18-16-28)58(55,56)57)34-26-49-41(53)38(23-30-25-47-35-11-4-3-10-33(30)35)51(2)43(54)37(12-5-6-20-44)50-40(52)36(13-7-21-45)48-24-29-9-8-22-46-42(29)59-39(27)34/h3-4,8-11,14-15,17,19,22,25,36-38,47-48H,5-7,12-13,16,18,20-21,23-24,26,44-45H2,1-2H3,(H,49,53)(H,50,52)(H2,55,56,57)/t36-,37-,38-/m0/s1. The number of allylic oxidation sites excluding steroid dienone is 4. The molecule has 6 rings (SSSR count). The molecule has 0 radical (unpaired) electrons. The number of aryl methyl sites for hydroxylation is 1. The van der Waals surface area contributed by atoms with E-state index in [-0.39, 0.29) is 42.4 Å². The molecule has 10 N–H and O–H groups in total. The number of nitrogens with two attached hydrogens (primary N) is 2. The normalized spacial score (nSPS) is 19.9. The number of amides is 3. The number of carbonyl (C=O) groups is 3. The molecule has 2 aromatic heterocycles. The van der Waals surface area contributed by atoms with Crippen LogP contribution in [0.3, 0.4) is 0 Å². The van der Waals surface area contributed by atoms with Gasteiger partial charge in [0, 0.05) is 60.1 Å². The van der Waals surface area contributed by atoms with Crippen LogP contribution in [0.2, 0.25) is 0 Å². The highest BCUT2D eigenvalue weighted by Crippen LogP contribution is 2.50. The number of rotatable bonds is 11. The van der Waals surface area contributed by atoms with E-state index in [0.29, 0.717) is 63.2 Å². The predicted octanol–water partition coefficient (Wildman–Crippen LogP) is 4.77. The lowest BCUT2D eigenvalue weighted by Crippen LogP contribution is -2.57. The molecule has 2 aromatic carbocycles. The maximum atomic E-state index is 14.7. The Morgan fingerprint density at radius 2 is 1.69 bits per heavy atom. The van der Waals surface area contributed by atoms with Gasteiger partial charge in [-0.2, -0.15) is 0 Å². The first-order valence-electron chi connectivity index (χ1n) is 20.1. The molecule has 1 aliphatic heterocycles. The summed E-state index contributed by atoms with van der Waals surface area (Å²) < 4.78 is 12.1. The van der Waals surface area contributed by atoms with Crippen LogP contribution in [0.1, 0.15) is 72.8 Å². The van der Waals surface area contributed by atoms with Crippen LogP contribution in [0.25, 0.3) is 16.5 Å². The van der Waals surface area contributed by atoms with E-state index in [2.05, 4.69) is 20.9 Å². The third-order valence-electron chi connectivity index (χ3n) is 11.1. The molecule has 14 nitrogen and oxygen atoms in total. The Labute approximate surface area is 349 Å². The zero-order chi connectivity index (χ0) is 42.1. The van der Waals surface area contributed by atoms with Gasteiger partial charge in [-0.25, -0.2) is 4.98 Å². The van der Waals surface area contributed by atoms with Gasteiger partial charge in [0.05, 0.1) is 6.04 Å². The van der Waals surface area contributed by atoms with Crippen LogP contribution in [0, 0.1) is 6.92 Å². The Morgan fingerprint density at radius 3 is 2.44 bits per heavy atom. The van der Waals surface area contributed by atoms with E-state index in [9.17, 15) is 28.7 Å². The van der Waals surface area contributed by atoms with Gasteiger partial charge in [0.25, 0.3) is 0 Å².